The molecule has 0 spiro atoms. The molecule has 6 nitrogen and oxygen atoms in total. The summed E-state index contributed by atoms with van der Waals surface area (Å²) in [6.45, 7) is 5.73. The zero-order chi connectivity index (χ0) is 15.6. The monoisotopic (exact) mass is 312 g/mol. The Balaban J connectivity index is 2.31. The predicted molar refractivity (Wildman–Crippen MR) is 83.8 cm³/mol. The molecular weight excluding hydrogens is 288 g/mol. The van der Waals surface area contributed by atoms with Gasteiger partial charge < -0.3 is 10.2 Å². The molecule has 2 atom stereocenters. The maximum Gasteiger partial charge on any atom is 0.262 e. The molecule has 1 fully saturated rings. The van der Waals surface area contributed by atoms with Gasteiger partial charge in [-0.1, -0.05) is 6.92 Å². The van der Waals surface area contributed by atoms with E-state index in [1.165, 1.54) is 6.20 Å². The number of sulfonamides is 1. The summed E-state index contributed by atoms with van der Waals surface area (Å²) in [5.41, 5.74) is 0.570. The number of nitrogens with one attached hydrogen (secondary N) is 1. The van der Waals surface area contributed by atoms with E-state index in [0.717, 1.165) is 0 Å². The molecule has 1 aliphatic rings. The van der Waals surface area contributed by atoms with E-state index in [4.69, 9.17) is 0 Å². The first-order chi connectivity index (χ1) is 9.87. The minimum absolute atomic E-state index is 0.124. The van der Waals surface area contributed by atoms with Gasteiger partial charge in [0.1, 0.15) is 0 Å². The summed E-state index contributed by atoms with van der Waals surface area (Å²) in [4.78, 5) is 6.19. The van der Waals surface area contributed by atoms with Gasteiger partial charge in [-0.25, -0.2) is 13.4 Å². The summed E-state index contributed by atoms with van der Waals surface area (Å²) in [5.74, 6) is 0.307. The SMILES string of the molecule is CCNc1cccnc1S(=O)(=O)N1CC(C)C(N(C)C)C1. The van der Waals surface area contributed by atoms with Crippen LogP contribution in [0.15, 0.2) is 23.4 Å². The third-order valence-corrected chi connectivity index (χ3v) is 5.72. The van der Waals surface area contributed by atoms with E-state index in [9.17, 15) is 8.42 Å². The van der Waals surface area contributed by atoms with Crippen molar-refractivity contribution in [3.05, 3.63) is 18.3 Å². The van der Waals surface area contributed by atoms with Gasteiger partial charge in [0.15, 0.2) is 5.03 Å². The first-order valence-electron chi connectivity index (χ1n) is 7.23. The molecule has 118 valence electrons. The van der Waals surface area contributed by atoms with Gasteiger partial charge in [-0.2, -0.15) is 4.31 Å². The van der Waals surface area contributed by atoms with Crippen molar-refractivity contribution in [2.45, 2.75) is 24.9 Å². The molecule has 2 unspecified atom stereocenters. The molecule has 1 aromatic rings. The standard InChI is InChI=1S/C14H24N4O2S/c1-5-15-12-7-6-8-16-14(12)21(19,20)18-9-11(2)13(10-18)17(3)4/h6-8,11,13,15H,5,9-10H2,1-4H3. The molecule has 2 rings (SSSR count). The maximum absolute atomic E-state index is 12.8. The highest BCUT2D eigenvalue weighted by molar-refractivity contribution is 7.89. The highest BCUT2D eigenvalue weighted by Gasteiger charge is 2.39. The quantitative estimate of drug-likeness (QED) is 0.881. The zero-order valence-electron chi connectivity index (χ0n) is 13.1. The molecule has 2 heterocycles. The van der Waals surface area contributed by atoms with Crippen LogP contribution in [0.4, 0.5) is 5.69 Å². The van der Waals surface area contributed by atoms with Crippen molar-refractivity contribution < 1.29 is 8.42 Å². The third kappa shape index (κ3) is 3.20. The van der Waals surface area contributed by atoms with Crippen molar-refractivity contribution in [1.29, 1.82) is 0 Å². The lowest BCUT2D eigenvalue weighted by Gasteiger charge is -2.22. The highest BCUT2D eigenvalue weighted by Crippen LogP contribution is 2.28. The van der Waals surface area contributed by atoms with Crippen LogP contribution in [0.25, 0.3) is 0 Å². The van der Waals surface area contributed by atoms with E-state index in [0.29, 0.717) is 31.2 Å². The molecule has 0 aliphatic carbocycles. The molecule has 0 aromatic carbocycles. The van der Waals surface area contributed by atoms with Gasteiger partial charge in [0.25, 0.3) is 10.0 Å². The Kier molecular flexibility index (Phi) is 4.85. The largest absolute Gasteiger partial charge is 0.383 e. The summed E-state index contributed by atoms with van der Waals surface area (Å²) < 4.78 is 27.2. The van der Waals surface area contributed by atoms with Crippen molar-refractivity contribution >= 4 is 15.7 Å². The van der Waals surface area contributed by atoms with E-state index in [2.05, 4.69) is 22.1 Å². The first-order valence-corrected chi connectivity index (χ1v) is 8.67. The fourth-order valence-electron chi connectivity index (χ4n) is 2.82. The Hall–Kier alpha value is -1.18. The average molecular weight is 312 g/mol. The van der Waals surface area contributed by atoms with Crippen LogP contribution in [0, 0.1) is 5.92 Å². The van der Waals surface area contributed by atoms with Crippen LogP contribution >= 0.6 is 0 Å². The zero-order valence-corrected chi connectivity index (χ0v) is 13.9. The van der Waals surface area contributed by atoms with E-state index >= 15 is 0 Å². The average Bonchev–Trinajstić information content (AvgIpc) is 2.82. The van der Waals surface area contributed by atoms with E-state index in [1.54, 1.807) is 16.4 Å². The molecule has 0 amide bonds. The number of hydrogen-bond donors (Lipinski definition) is 1. The molecule has 1 N–H and O–H groups in total. The lowest BCUT2D eigenvalue weighted by atomic mass is 10.1. The van der Waals surface area contributed by atoms with Crippen molar-refractivity contribution in [2.75, 3.05) is 39.0 Å². The molecule has 1 saturated heterocycles. The Morgan fingerprint density at radius 2 is 2.14 bits per heavy atom. The van der Waals surface area contributed by atoms with Gasteiger partial charge in [-0.3, -0.25) is 0 Å². The lowest BCUT2D eigenvalue weighted by molar-refractivity contribution is 0.263. The number of pyridine rings is 1. The molecule has 0 saturated carbocycles. The van der Waals surface area contributed by atoms with Crippen LogP contribution in [-0.4, -0.2) is 62.4 Å². The smallest absolute Gasteiger partial charge is 0.262 e. The molecule has 21 heavy (non-hydrogen) atoms. The van der Waals surface area contributed by atoms with Crippen LogP contribution in [0.3, 0.4) is 0 Å². The van der Waals surface area contributed by atoms with Crippen LogP contribution in [0.5, 0.6) is 0 Å². The molecule has 7 heteroatoms. The maximum atomic E-state index is 12.8. The summed E-state index contributed by atoms with van der Waals surface area (Å²) >= 11 is 0. The van der Waals surface area contributed by atoms with E-state index < -0.39 is 10.0 Å². The number of rotatable bonds is 5. The Labute approximate surface area is 127 Å². The van der Waals surface area contributed by atoms with Gasteiger partial charge in [-0.15, -0.1) is 0 Å². The van der Waals surface area contributed by atoms with Gasteiger partial charge in [0.05, 0.1) is 5.69 Å². The Morgan fingerprint density at radius 1 is 1.43 bits per heavy atom. The van der Waals surface area contributed by atoms with Crippen molar-refractivity contribution in [3.63, 3.8) is 0 Å². The van der Waals surface area contributed by atoms with Gasteiger partial charge in [0.2, 0.25) is 0 Å². The van der Waals surface area contributed by atoms with Gasteiger partial charge >= 0.3 is 0 Å². The van der Waals surface area contributed by atoms with Crippen molar-refractivity contribution in [3.8, 4) is 0 Å². The second kappa shape index (κ2) is 6.29. The highest BCUT2D eigenvalue weighted by atomic mass is 32.2. The van der Waals surface area contributed by atoms with Crippen molar-refractivity contribution in [2.24, 2.45) is 5.92 Å². The van der Waals surface area contributed by atoms with Crippen LogP contribution in [0.1, 0.15) is 13.8 Å². The lowest BCUT2D eigenvalue weighted by Crippen LogP contribution is -2.36. The van der Waals surface area contributed by atoms with Crippen LogP contribution in [0.2, 0.25) is 0 Å². The molecule has 1 aromatic heterocycles. The Morgan fingerprint density at radius 3 is 2.71 bits per heavy atom. The minimum atomic E-state index is -3.56. The van der Waals surface area contributed by atoms with E-state index in [1.807, 2.05) is 21.0 Å². The van der Waals surface area contributed by atoms with Gasteiger partial charge in [-0.05, 0) is 39.1 Å². The first kappa shape index (κ1) is 16.2. The molecular formula is C14H24N4O2S. The third-order valence-electron chi connectivity index (χ3n) is 3.93. The Bertz CT molecular complexity index is 588. The second-order valence-electron chi connectivity index (χ2n) is 5.72. The fraction of sp³-hybridized carbons (Fsp3) is 0.643. The summed E-state index contributed by atoms with van der Waals surface area (Å²) in [7, 11) is 0.419. The fourth-order valence-corrected chi connectivity index (χ4v) is 4.46. The molecule has 1 aliphatic heterocycles. The van der Waals surface area contributed by atoms with Crippen LogP contribution in [-0.2, 0) is 10.0 Å². The predicted octanol–water partition coefficient (Wildman–Crippen LogP) is 1.08. The summed E-state index contributed by atoms with van der Waals surface area (Å²) in [6.07, 6.45) is 1.52. The number of aromatic nitrogens is 1. The number of hydrogen-bond acceptors (Lipinski definition) is 5. The number of nitrogens with zero attached hydrogens (tertiary/aromatic N) is 3. The minimum Gasteiger partial charge on any atom is -0.383 e. The van der Waals surface area contributed by atoms with Crippen molar-refractivity contribution in [1.82, 2.24) is 14.2 Å². The summed E-state index contributed by atoms with van der Waals surface area (Å²) in [6, 6.07) is 3.74. The topological polar surface area (TPSA) is 65.5 Å². The van der Waals surface area contributed by atoms with Gasteiger partial charge in [0, 0.05) is 31.9 Å². The number of likely N-dealkylation sites (N-methyl/N-ethyl adjacent to an activating group) is 1. The summed E-state index contributed by atoms with van der Waals surface area (Å²) in [5, 5.41) is 3.20. The van der Waals surface area contributed by atoms with Crippen LogP contribution < -0.4 is 5.32 Å². The number of anilines is 1. The van der Waals surface area contributed by atoms with E-state index in [-0.39, 0.29) is 11.1 Å². The second-order valence-corrected chi connectivity index (χ2v) is 7.57. The normalized spacial score (nSPS) is 23.7. The molecule has 0 bridgehead atoms. The molecule has 0 radical (unpaired) electrons.